The second kappa shape index (κ2) is 10.6. The molecule has 0 amide bonds. The third kappa shape index (κ3) is 6.90. The van der Waals surface area contributed by atoms with Crippen molar-refractivity contribution in [2.24, 2.45) is 4.99 Å². The number of nitrogens with zero attached hydrogens (tertiary/aromatic N) is 4. The molecular weight excluding hydrogens is 469 g/mol. The number of guanidine groups is 1. The van der Waals surface area contributed by atoms with Crippen LogP contribution in [-0.4, -0.2) is 41.3 Å². The summed E-state index contributed by atoms with van der Waals surface area (Å²) in [5.41, 5.74) is 1.25. The third-order valence-corrected chi connectivity index (χ3v) is 3.84. The van der Waals surface area contributed by atoms with Crippen LogP contribution >= 0.6 is 39.9 Å². The van der Waals surface area contributed by atoms with Gasteiger partial charge in [-0.1, -0.05) is 28.1 Å². The van der Waals surface area contributed by atoms with Crippen molar-refractivity contribution in [3.8, 4) is 0 Å². The summed E-state index contributed by atoms with van der Waals surface area (Å²) in [4.78, 5) is 6.46. The van der Waals surface area contributed by atoms with Crippen LogP contribution in [0.3, 0.4) is 0 Å². The molecule has 0 atom stereocenters. The summed E-state index contributed by atoms with van der Waals surface area (Å²) in [6, 6.07) is 10.3. The highest BCUT2D eigenvalue weighted by Gasteiger charge is 2.06. The monoisotopic (exact) mass is 491 g/mol. The van der Waals surface area contributed by atoms with Gasteiger partial charge in [0, 0.05) is 50.6 Å². The molecule has 0 radical (unpaired) electrons. The van der Waals surface area contributed by atoms with Crippen molar-refractivity contribution < 1.29 is 0 Å². The molecule has 5 nitrogen and oxygen atoms in total. The molecule has 1 aromatic carbocycles. The lowest BCUT2D eigenvalue weighted by atomic mass is 10.2. The van der Waals surface area contributed by atoms with Crippen molar-refractivity contribution >= 4 is 45.9 Å². The minimum Gasteiger partial charge on any atom is -0.356 e. The molecule has 1 aromatic heterocycles. The van der Waals surface area contributed by atoms with E-state index < -0.39 is 0 Å². The molecule has 2 rings (SSSR count). The number of halogens is 2. The van der Waals surface area contributed by atoms with Gasteiger partial charge in [0.15, 0.2) is 5.96 Å². The van der Waals surface area contributed by atoms with Crippen LogP contribution in [0.1, 0.15) is 12.0 Å². The first-order valence-corrected chi connectivity index (χ1v) is 8.12. The average Bonchev–Trinajstić information content (AvgIpc) is 3.03. The number of hydrogen-bond donors (Lipinski definition) is 1. The molecule has 0 aliphatic heterocycles. The highest BCUT2D eigenvalue weighted by Crippen LogP contribution is 2.11. The summed E-state index contributed by atoms with van der Waals surface area (Å²) in [5.74, 6) is 0.906. The molecule has 1 N–H and O–H groups in total. The molecule has 0 bridgehead atoms. The molecule has 0 saturated carbocycles. The number of nitrogens with one attached hydrogen (secondary N) is 1. The molecule has 0 spiro atoms. The Bertz CT molecular complexity index is 583. The van der Waals surface area contributed by atoms with Gasteiger partial charge in [0.2, 0.25) is 0 Å². The number of aliphatic imine (C=N–C) groups is 1. The normalized spacial score (nSPS) is 11.0. The fourth-order valence-electron chi connectivity index (χ4n) is 2.20. The van der Waals surface area contributed by atoms with E-state index in [4.69, 9.17) is 0 Å². The van der Waals surface area contributed by atoms with Crippen molar-refractivity contribution in [3.63, 3.8) is 0 Å². The van der Waals surface area contributed by atoms with Gasteiger partial charge in [-0.3, -0.25) is 9.67 Å². The predicted molar refractivity (Wildman–Crippen MR) is 109 cm³/mol. The van der Waals surface area contributed by atoms with E-state index in [1.807, 2.05) is 31.0 Å². The minimum atomic E-state index is 0. The van der Waals surface area contributed by atoms with Crippen molar-refractivity contribution in [2.45, 2.75) is 19.5 Å². The first-order valence-electron chi connectivity index (χ1n) is 7.32. The van der Waals surface area contributed by atoms with Crippen molar-refractivity contribution in [2.75, 3.05) is 20.6 Å². The van der Waals surface area contributed by atoms with Crippen LogP contribution in [0, 0.1) is 0 Å². The maximum absolute atomic E-state index is 4.34. The van der Waals surface area contributed by atoms with Crippen molar-refractivity contribution in [3.05, 3.63) is 52.8 Å². The number of aryl methyl sites for hydroxylation is 1. The molecule has 1 heterocycles. The highest BCUT2D eigenvalue weighted by atomic mass is 127. The van der Waals surface area contributed by atoms with E-state index in [0.29, 0.717) is 0 Å². The van der Waals surface area contributed by atoms with Gasteiger partial charge in [-0.2, -0.15) is 5.10 Å². The molecule has 2 aromatic rings. The smallest absolute Gasteiger partial charge is 0.193 e. The van der Waals surface area contributed by atoms with Crippen molar-refractivity contribution in [1.29, 1.82) is 0 Å². The Kier molecular flexibility index (Phi) is 9.23. The lowest BCUT2D eigenvalue weighted by molar-refractivity contribution is 0.471. The Labute approximate surface area is 163 Å². The van der Waals surface area contributed by atoms with Gasteiger partial charge in [0.1, 0.15) is 0 Å². The lowest BCUT2D eigenvalue weighted by Crippen LogP contribution is -2.39. The Morgan fingerprint density at radius 3 is 2.70 bits per heavy atom. The Hall–Kier alpha value is -1.09. The Balaban J connectivity index is 0.00000264. The van der Waals surface area contributed by atoms with E-state index in [1.54, 1.807) is 6.20 Å². The number of rotatable bonds is 6. The number of benzene rings is 1. The van der Waals surface area contributed by atoms with Crippen LogP contribution in [-0.2, 0) is 13.1 Å². The van der Waals surface area contributed by atoms with Gasteiger partial charge in [-0.15, -0.1) is 24.0 Å². The summed E-state index contributed by atoms with van der Waals surface area (Å²) in [5, 5.41) is 7.58. The second-order valence-electron chi connectivity index (χ2n) is 5.08. The van der Waals surface area contributed by atoms with E-state index in [9.17, 15) is 0 Å². The molecular formula is C16H23BrIN5. The predicted octanol–water partition coefficient (Wildman–Crippen LogP) is 3.36. The largest absolute Gasteiger partial charge is 0.356 e. The quantitative estimate of drug-likeness (QED) is 0.291. The molecule has 0 aliphatic rings. The van der Waals surface area contributed by atoms with Gasteiger partial charge >= 0.3 is 0 Å². The summed E-state index contributed by atoms with van der Waals surface area (Å²) < 4.78 is 3.04. The maximum atomic E-state index is 4.34. The fourth-order valence-corrected chi connectivity index (χ4v) is 2.46. The summed E-state index contributed by atoms with van der Waals surface area (Å²) in [6.45, 7) is 2.61. The fraction of sp³-hybridized carbons (Fsp3) is 0.375. The molecule has 0 fully saturated rings. The SMILES string of the molecule is CN=C(NCCCn1cccn1)N(C)Cc1ccc(Br)cc1.I. The molecule has 0 saturated heterocycles. The summed E-state index contributed by atoms with van der Waals surface area (Å²) >= 11 is 3.46. The van der Waals surface area contributed by atoms with Gasteiger partial charge in [0.25, 0.3) is 0 Å². The molecule has 7 heteroatoms. The van der Waals surface area contributed by atoms with Crippen molar-refractivity contribution in [1.82, 2.24) is 20.0 Å². The van der Waals surface area contributed by atoms with Crippen LogP contribution in [0.2, 0.25) is 0 Å². The van der Waals surface area contributed by atoms with Gasteiger partial charge in [-0.25, -0.2) is 0 Å². The minimum absolute atomic E-state index is 0. The lowest BCUT2D eigenvalue weighted by Gasteiger charge is -2.22. The first-order chi connectivity index (χ1) is 10.7. The van der Waals surface area contributed by atoms with Gasteiger partial charge in [0.05, 0.1) is 0 Å². The summed E-state index contributed by atoms with van der Waals surface area (Å²) in [7, 11) is 3.86. The number of aromatic nitrogens is 2. The van der Waals surface area contributed by atoms with Crippen LogP contribution in [0.5, 0.6) is 0 Å². The molecule has 0 unspecified atom stereocenters. The topological polar surface area (TPSA) is 45.5 Å². The van der Waals surface area contributed by atoms with E-state index in [0.717, 1.165) is 36.5 Å². The van der Waals surface area contributed by atoms with Gasteiger partial charge < -0.3 is 10.2 Å². The third-order valence-electron chi connectivity index (χ3n) is 3.31. The highest BCUT2D eigenvalue weighted by molar-refractivity contribution is 14.0. The van der Waals surface area contributed by atoms with Gasteiger partial charge in [-0.05, 0) is 30.2 Å². The van der Waals surface area contributed by atoms with E-state index in [1.165, 1.54) is 5.56 Å². The average molecular weight is 492 g/mol. The summed E-state index contributed by atoms with van der Waals surface area (Å²) in [6.07, 6.45) is 4.79. The Morgan fingerprint density at radius 2 is 2.09 bits per heavy atom. The van der Waals surface area contributed by atoms with E-state index in [-0.39, 0.29) is 24.0 Å². The van der Waals surface area contributed by atoms with E-state index >= 15 is 0 Å². The zero-order valence-corrected chi connectivity index (χ0v) is 17.4. The first kappa shape index (κ1) is 20.0. The van der Waals surface area contributed by atoms with Crippen LogP contribution in [0.15, 0.2) is 52.2 Å². The van der Waals surface area contributed by atoms with E-state index in [2.05, 4.69) is 60.5 Å². The standard InChI is InChI=1S/C16H22BrN5.HI/c1-18-16(19-9-3-11-22-12-4-10-20-22)21(2)13-14-5-7-15(17)8-6-14;/h4-8,10,12H,3,9,11,13H2,1-2H3,(H,18,19);1H. The zero-order valence-electron chi connectivity index (χ0n) is 13.4. The second-order valence-corrected chi connectivity index (χ2v) is 5.99. The van der Waals surface area contributed by atoms with Crippen LogP contribution in [0.4, 0.5) is 0 Å². The van der Waals surface area contributed by atoms with Crippen LogP contribution in [0.25, 0.3) is 0 Å². The Morgan fingerprint density at radius 1 is 1.35 bits per heavy atom. The number of hydrogen-bond acceptors (Lipinski definition) is 2. The molecule has 126 valence electrons. The van der Waals surface area contributed by atoms with Crippen LogP contribution < -0.4 is 5.32 Å². The maximum Gasteiger partial charge on any atom is 0.193 e. The molecule has 23 heavy (non-hydrogen) atoms. The zero-order chi connectivity index (χ0) is 15.8. The molecule has 0 aliphatic carbocycles.